The van der Waals surface area contributed by atoms with Crippen LogP contribution in [0.1, 0.15) is 34.7 Å². The molecule has 0 atom stereocenters. The van der Waals surface area contributed by atoms with Crippen molar-refractivity contribution < 1.29 is 9.59 Å². The number of aryl methyl sites for hydroxylation is 1. The Labute approximate surface area is 196 Å². The lowest BCUT2D eigenvalue weighted by atomic mass is 10.2. The van der Waals surface area contributed by atoms with Gasteiger partial charge in [-0.05, 0) is 37.1 Å². The highest BCUT2D eigenvalue weighted by Gasteiger charge is 2.10. The topological polar surface area (TPSA) is 163 Å². The van der Waals surface area contributed by atoms with E-state index in [-0.39, 0.29) is 29.8 Å². The van der Waals surface area contributed by atoms with E-state index >= 15 is 0 Å². The molecule has 0 saturated heterocycles. The predicted octanol–water partition coefficient (Wildman–Crippen LogP) is 1.56. The summed E-state index contributed by atoms with van der Waals surface area (Å²) in [5, 5.41) is 19.6. The van der Waals surface area contributed by atoms with Crippen LogP contribution in [0.5, 0.6) is 0 Å². The highest BCUT2D eigenvalue weighted by Crippen LogP contribution is 2.00. The largest absolute Gasteiger partial charge is 0.388 e. The fraction of sp³-hybridized carbons (Fsp3) is 0.273. The first-order chi connectivity index (χ1) is 16.6. The van der Waals surface area contributed by atoms with Crippen molar-refractivity contribution in [3.05, 3.63) is 84.1 Å². The van der Waals surface area contributed by atoms with E-state index in [1.807, 2.05) is 18.2 Å². The van der Waals surface area contributed by atoms with E-state index in [0.717, 1.165) is 18.5 Å². The van der Waals surface area contributed by atoms with Crippen LogP contribution in [0.2, 0.25) is 0 Å². The van der Waals surface area contributed by atoms with Gasteiger partial charge in [-0.15, -0.1) is 10.2 Å². The van der Waals surface area contributed by atoms with Gasteiger partial charge in [-0.25, -0.2) is 5.53 Å². The molecule has 4 N–H and O–H groups in total. The van der Waals surface area contributed by atoms with Gasteiger partial charge >= 0.3 is 0 Å². The van der Waals surface area contributed by atoms with Crippen LogP contribution < -0.4 is 16.0 Å². The van der Waals surface area contributed by atoms with Crippen LogP contribution in [0.4, 0.5) is 0 Å². The molecule has 0 spiro atoms. The van der Waals surface area contributed by atoms with Crippen molar-refractivity contribution in [2.45, 2.75) is 32.4 Å². The molecule has 3 heterocycles. The fourth-order valence-electron chi connectivity index (χ4n) is 2.90. The molecule has 2 amide bonds. The van der Waals surface area contributed by atoms with Crippen LogP contribution in [0.25, 0.3) is 0 Å². The number of carbonyl (C=O) groups is 2. The normalized spacial score (nSPS) is 11.0. The van der Waals surface area contributed by atoms with E-state index in [1.54, 1.807) is 41.5 Å². The Morgan fingerprint density at radius 3 is 2.53 bits per heavy atom. The number of carbonyl (C=O) groups excluding carboxylic acids is 2. The standard InChI is InChI=1S/C22H26N10O2/c23-29-20(28-21(33)13-17-7-1-3-10-25-17)15-24-9-5-6-12-32-16-19(30-31-32)22(34)27-14-18-8-2-4-11-26-18/h1-4,7-8,10-11,15-16,23-24H,5-6,9,12-14H2,(H,27,34)(H,28,33)/b20-15-,29-23?. The lowest BCUT2D eigenvalue weighted by molar-refractivity contribution is -0.119. The first kappa shape index (κ1) is 24.2. The van der Waals surface area contributed by atoms with Crippen LogP contribution in [-0.2, 0) is 24.3 Å². The Kier molecular flexibility index (Phi) is 9.35. The monoisotopic (exact) mass is 462 g/mol. The molecule has 0 fully saturated rings. The molecule has 0 unspecified atom stereocenters. The van der Waals surface area contributed by atoms with Crippen LogP contribution in [0, 0.1) is 5.53 Å². The number of hydrogen-bond donors (Lipinski definition) is 4. The van der Waals surface area contributed by atoms with Crippen LogP contribution in [-0.4, -0.2) is 43.3 Å². The second kappa shape index (κ2) is 13.2. The molecule has 3 rings (SSSR count). The summed E-state index contributed by atoms with van der Waals surface area (Å²) in [5.41, 5.74) is 8.86. The third kappa shape index (κ3) is 8.22. The zero-order chi connectivity index (χ0) is 24.0. The second-order valence-electron chi connectivity index (χ2n) is 7.22. The van der Waals surface area contributed by atoms with E-state index in [4.69, 9.17) is 5.53 Å². The maximum absolute atomic E-state index is 12.2. The number of aromatic nitrogens is 5. The Bertz CT molecular complexity index is 1100. The molecule has 12 nitrogen and oxygen atoms in total. The third-order valence-electron chi connectivity index (χ3n) is 4.58. The molecular weight excluding hydrogens is 436 g/mol. The van der Waals surface area contributed by atoms with Crippen molar-refractivity contribution in [3.8, 4) is 0 Å². The van der Waals surface area contributed by atoms with Gasteiger partial charge in [0.15, 0.2) is 11.5 Å². The van der Waals surface area contributed by atoms with Gasteiger partial charge in [0.2, 0.25) is 5.91 Å². The van der Waals surface area contributed by atoms with Crippen molar-refractivity contribution in [1.29, 1.82) is 5.53 Å². The minimum Gasteiger partial charge on any atom is -0.388 e. The van der Waals surface area contributed by atoms with E-state index in [0.29, 0.717) is 25.3 Å². The van der Waals surface area contributed by atoms with Crippen molar-refractivity contribution in [2.75, 3.05) is 6.54 Å². The van der Waals surface area contributed by atoms with Crippen LogP contribution in [0.3, 0.4) is 0 Å². The minimum absolute atomic E-state index is 0.106. The van der Waals surface area contributed by atoms with Crippen LogP contribution >= 0.6 is 0 Å². The van der Waals surface area contributed by atoms with E-state index in [9.17, 15) is 9.59 Å². The van der Waals surface area contributed by atoms with Crippen LogP contribution in [0.15, 0.2) is 72.1 Å². The summed E-state index contributed by atoms with van der Waals surface area (Å²) < 4.78 is 1.62. The zero-order valence-corrected chi connectivity index (χ0v) is 18.5. The number of unbranched alkanes of at least 4 members (excludes halogenated alkanes) is 1. The summed E-state index contributed by atoms with van der Waals surface area (Å²) >= 11 is 0. The molecule has 0 aromatic carbocycles. The van der Waals surface area contributed by atoms with Crippen molar-refractivity contribution in [1.82, 2.24) is 40.9 Å². The Morgan fingerprint density at radius 1 is 1.06 bits per heavy atom. The van der Waals surface area contributed by atoms with Gasteiger partial charge in [-0.3, -0.25) is 24.2 Å². The summed E-state index contributed by atoms with van der Waals surface area (Å²) in [6, 6.07) is 10.8. The summed E-state index contributed by atoms with van der Waals surface area (Å²) in [4.78, 5) is 32.5. The van der Waals surface area contributed by atoms with Gasteiger partial charge in [0.1, 0.15) is 0 Å². The minimum atomic E-state index is -0.305. The quantitative estimate of drug-likeness (QED) is 0.221. The van der Waals surface area contributed by atoms with Gasteiger partial charge in [0.25, 0.3) is 5.91 Å². The molecule has 12 heteroatoms. The summed E-state index contributed by atoms with van der Waals surface area (Å²) in [6.07, 6.45) is 8.08. The predicted molar refractivity (Wildman–Crippen MR) is 122 cm³/mol. The number of hydrogen-bond acceptors (Lipinski definition) is 9. The molecule has 0 saturated carbocycles. The Balaban J connectivity index is 1.32. The van der Waals surface area contributed by atoms with Crippen molar-refractivity contribution >= 4 is 11.8 Å². The summed E-state index contributed by atoms with van der Waals surface area (Å²) in [5.74, 6) is -0.479. The van der Waals surface area contributed by atoms with Gasteiger partial charge in [-0.2, -0.15) is 0 Å². The maximum Gasteiger partial charge on any atom is 0.273 e. The number of amides is 2. The molecule has 0 radical (unpaired) electrons. The average Bonchev–Trinajstić information content (AvgIpc) is 3.34. The lowest BCUT2D eigenvalue weighted by Gasteiger charge is -2.06. The molecule has 176 valence electrons. The molecule has 0 bridgehead atoms. The summed E-state index contributed by atoms with van der Waals surface area (Å²) in [7, 11) is 0. The van der Waals surface area contributed by atoms with Gasteiger partial charge in [-0.1, -0.05) is 17.3 Å². The Hall–Kier alpha value is -4.48. The van der Waals surface area contributed by atoms with E-state index in [1.165, 1.54) is 6.20 Å². The molecule has 0 aliphatic rings. The third-order valence-corrected chi connectivity index (χ3v) is 4.58. The first-order valence-electron chi connectivity index (χ1n) is 10.7. The highest BCUT2D eigenvalue weighted by molar-refractivity contribution is 5.91. The smallest absolute Gasteiger partial charge is 0.273 e. The van der Waals surface area contributed by atoms with Gasteiger partial charge in [0.05, 0.1) is 24.9 Å². The highest BCUT2D eigenvalue weighted by atomic mass is 16.2. The fourth-order valence-corrected chi connectivity index (χ4v) is 2.90. The lowest BCUT2D eigenvalue weighted by Crippen LogP contribution is -2.25. The zero-order valence-electron chi connectivity index (χ0n) is 18.5. The SMILES string of the molecule is N=N/C(=C\NCCCCn1cc(C(=O)NCc2ccccn2)nn1)NC(=O)Cc1ccccn1. The molecule has 0 aliphatic heterocycles. The van der Waals surface area contributed by atoms with Gasteiger partial charge in [0, 0.05) is 37.4 Å². The number of nitrogens with zero attached hydrogens (tertiary/aromatic N) is 6. The summed E-state index contributed by atoms with van der Waals surface area (Å²) in [6.45, 7) is 1.53. The molecule has 0 aliphatic carbocycles. The molecule has 3 aromatic rings. The first-order valence-corrected chi connectivity index (χ1v) is 10.7. The number of rotatable bonds is 13. The maximum atomic E-state index is 12.2. The number of nitrogens with one attached hydrogen (secondary N) is 4. The van der Waals surface area contributed by atoms with E-state index < -0.39 is 0 Å². The Morgan fingerprint density at radius 2 is 1.82 bits per heavy atom. The number of pyridine rings is 2. The van der Waals surface area contributed by atoms with Crippen molar-refractivity contribution in [2.24, 2.45) is 5.11 Å². The van der Waals surface area contributed by atoms with E-state index in [2.05, 4.69) is 41.3 Å². The van der Waals surface area contributed by atoms with Crippen molar-refractivity contribution in [3.63, 3.8) is 0 Å². The van der Waals surface area contributed by atoms with Gasteiger partial charge < -0.3 is 16.0 Å². The molecule has 34 heavy (non-hydrogen) atoms. The second-order valence-corrected chi connectivity index (χ2v) is 7.22. The molecular formula is C22H26N10O2. The molecule has 3 aromatic heterocycles. The average molecular weight is 463 g/mol.